The molecule has 152 valence electrons. The molecule has 0 aliphatic carbocycles. The number of nitro benzene ring substituents is 1. The first kappa shape index (κ1) is 19.4. The highest BCUT2D eigenvalue weighted by molar-refractivity contribution is 5.95. The second kappa shape index (κ2) is 7.87. The SMILES string of the molecule is CCOC(=O)c1cc2oc(-c3ccc(C)cc3)cc2n1Cc1ccccc1[N+](=O)[O-]. The Hall–Kier alpha value is -3.87. The number of hydrogen-bond acceptors (Lipinski definition) is 5. The molecule has 0 aliphatic heterocycles. The van der Waals surface area contributed by atoms with Crippen LogP contribution < -0.4 is 0 Å². The summed E-state index contributed by atoms with van der Waals surface area (Å²) < 4.78 is 12.9. The van der Waals surface area contributed by atoms with Gasteiger partial charge in [0.15, 0.2) is 5.58 Å². The number of aryl methyl sites for hydroxylation is 1. The van der Waals surface area contributed by atoms with Gasteiger partial charge < -0.3 is 13.7 Å². The van der Waals surface area contributed by atoms with Gasteiger partial charge >= 0.3 is 5.97 Å². The number of furan rings is 1. The van der Waals surface area contributed by atoms with Gasteiger partial charge in [0, 0.05) is 29.3 Å². The van der Waals surface area contributed by atoms with E-state index in [1.165, 1.54) is 6.07 Å². The lowest BCUT2D eigenvalue weighted by Crippen LogP contribution is -2.13. The quantitative estimate of drug-likeness (QED) is 0.246. The average molecular weight is 404 g/mol. The molecule has 30 heavy (non-hydrogen) atoms. The molecule has 0 fully saturated rings. The summed E-state index contributed by atoms with van der Waals surface area (Å²) in [7, 11) is 0. The molecule has 0 spiro atoms. The molecule has 0 amide bonds. The smallest absolute Gasteiger partial charge is 0.355 e. The van der Waals surface area contributed by atoms with Gasteiger partial charge in [0.2, 0.25) is 0 Å². The normalized spacial score (nSPS) is 11.0. The summed E-state index contributed by atoms with van der Waals surface area (Å²) in [4.78, 5) is 23.5. The van der Waals surface area contributed by atoms with Crippen LogP contribution in [0.1, 0.15) is 28.5 Å². The van der Waals surface area contributed by atoms with Gasteiger partial charge in [-0.15, -0.1) is 0 Å². The van der Waals surface area contributed by atoms with E-state index in [-0.39, 0.29) is 18.8 Å². The largest absolute Gasteiger partial charge is 0.461 e. The number of benzene rings is 2. The van der Waals surface area contributed by atoms with Crippen LogP contribution in [0.4, 0.5) is 5.69 Å². The average Bonchev–Trinajstić information content (AvgIpc) is 3.28. The van der Waals surface area contributed by atoms with Crippen LogP contribution in [0.3, 0.4) is 0 Å². The van der Waals surface area contributed by atoms with Crippen LogP contribution in [-0.4, -0.2) is 22.1 Å². The van der Waals surface area contributed by atoms with E-state index >= 15 is 0 Å². The molecule has 2 aromatic carbocycles. The molecule has 7 nitrogen and oxygen atoms in total. The predicted molar refractivity (Wildman–Crippen MR) is 113 cm³/mol. The summed E-state index contributed by atoms with van der Waals surface area (Å²) in [5.41, 5.74) is 4.02. The number of aromatic nitrogens is 1. The van der Waals surface area contributed by atoms with Gasteiger partial charge in [0.05, 0.1) is 23.6 Å². The van der Waals surface area contributed by atoms with E-state index in [1.807, 2.05) is 37.3 Å². The highest BCUT2D eigenvalue weighted by atomic mass is 16.6. The third-order valence-electron chi connectivity index (χ3n) is 4.93. The maximum atomic E-state index is 12.5. The Bertz CT molecular complexity index is 1230. The van der Waals surface area contributed by atoms with E-state index < -0.39 is 10.9 Å². The van der Waals surface area contributed by atoms with Crippen molar-refractivity contribution in [3.8, 4) is 11.3 Å². The molecule has 0 saturated carbocycles. The Morgan fingerprint density at radius 3 is 2.57 bits per heavy atom. The third kappa shape index (κ3) is 3.57. The number of hydrogen-bond donors (Lipinski definition) is 0. The van der Waals surface area contributed by atoms with E-state index in [9.17, 15) is 14.9 Å². The molecule has 0 saturated heterocycles. The van der Waals surface area contributed by atoms with Crippen molar-refractivity contribution in [2.45, 2.75) is 20.4 Å². The van der Waals surface area contributed by atoms with Gasteiger partial charge in [-0.05, 0) is 13.8 Å². The lowest BCUT2D eigenvalue weighted by molar-refractivity contribution is -0.385. The number of para-hydroxylation sites is 1. The fraction of sp³-hybridized carbons (Fsp3) is 0.174. The molecule has 4 aromatic rings. The summed E-state index contributed by atoms with van der Waals surface area (Å²) in [5.74, 6) is 0.158. The zero-order valence-corrected chi connectivity index (χ0v) is 16.6. The molecule has 7 heteroatoms. The van der Waals surface area contributed by atoms with Crippen molar-refractivity contribution in [2.75, 3.05) is 6.61 Å². The number of carbonyl (C=O) groups excluding carboxylic acids is 1. The highest BCUT2D eigenvalue weighted by Crippen LogP contribution is 2.32. The van der Waals surface area contributed by atoms with Gasteiger partial charge in [0.1, 0.15) is 11.5 Å². The van der Waals surface area contributed by atoms with Gasteiger partial charge in [-0.3, -0.25) is 10.1 Å². The van der Waals surface area contributed by atoms with E-state index in [1.54, 1.807) is 35.8 Å². The fourth-order valence-electron chi connectivity index (χ4n) is 3.44. The van der Waals surface area contributed by atoms with Crippen LogP contribution >= 0.6 is 0 Å². The fourth-order valence-corrected chi connectivity index (χ4v) is 3.44. The second-order valence-corrected chi connectivity index (χ2v) is 6.95. The summed E-state index contributed by atoms with van der Waals surface area (Å²) >= 11 is 0. The zero-order chi connectivity index (χ0) is 21.3. The number of esters is 1. The Kier molecular flexibility index (Phi) is 5.10. The molecular formula is C23H20N2O5. The first-order valence-corrected chi connectivity index (χ1v) is 9.57. The number of nitrogens with zero attached hydrogens (tertiary/aromatic N) is 2. The Balaban J connectivity index is 1.84. The van der Waals surface area contributed by atoms with Crippen LogP contribution in [0.25, 0.3) is 22.4 Å². The minimum atomic E-state index is -0.501. The van der Waals surface area contributed by atoms with Gasteiger partial charge in [0.25, 0.3) is 5.69 Å². The summed E-state index contributed by atoms with van der Waals surface area (Å²) in [5, 5.41) is 11.4. The molecule has 2 aromatic heterocycles. The standard InChI is InChI=1S/C23H20N2O5/c1-3-29-23(26)20-13-22-19(12-21(30-22)16-10-8-15(2)9-11-16)24(20)14-17-6-4-5-7-18(17)25(27)28/h4-13H,3,14H2,1-2H3. The first-order valence-electron chi connectivity index (χ1n) is 9.57. The van der Waals surface area contributed by atoms with Gasteiger partial charge in [-0.1, -0.05) is 48.0 Å². The van der Waals surface area contributed by atoms with E-state index in [4.69, 9.17) is 9.15 Å². The number of nitro groups is 1. The lowest BCUT2D eigenvalue weighted by atomic mass is 10.1. The topological polar surface area (TPSA) is 87.5 Å². The first-order chi connectivity index (χ1) is 14.5. The Labute approximate surface area is 172 Å². The maximum absolute atomic E-state index is 12.5. The molecule has 0 unspecified atom stereocenters. The zero-order valence-electron chi connectivity index (χ0n) is 16.6. The van der Waals surface area contributed by atoms with Crippen molar-refractivity contribution in [3.63, 3.8) is 0 Å². The minimum Gasteiger partial charge on any atom is -0.461 e. The highest BCUT2D eigenvalue weighted by Gasteiger charge is 2.23. The Morgan fingerprint density at radius 2 is 1.87 bits per heavy atom. The van der Waals surface area contributed by atoms with Crippen LogP contribution in [-0.2, 0) is 11.3 Å². The lowest BCUT2D eigenvalue weighted by Gasteiger charge is -2.10. The van der Waals surface area contributed by atoms with Crippen molar-refractivity contribution in [3.05, 3.63) is 87.6 Å². The third-order valence-corrected chi connectivity index (χ3v) is 4.93. The number of fused-ring (bicyclic) bond motifs is 1. The maximum Gasteiger partial charge on any atom is 0.355 e. The predicted octanol–water partition coefficient (Wildman–Crippen LogP) is 5.34. The molecule has 0 N–H and O–H groups in total. The van der Waals surface area contributed by atoms with E-state index in [0.717, 1.165) is 11.1 Å². The van der Waals surface area contributed by atoms with Gasteiger partial charge in [-0.25, -0.2) is 4.79 Å². The molecule has 0 atom stereocenters. The minimum absolute atomic E-state index is 0.00332. The second-order valence-electron chi connectivity index (χ2n) is 6.95. The van der Waals surface area contributed by atoms with Crippen molar-refractivity contribution >= 4 is 22.8 Å². The monoisotopic (exact) mass is 404 g/mol. The number of carbonyl (C=O) groups is 1. The molecule has 0 bridgehead atoms. The number of rotatable bonds is 6. The van der Waals surface area contributed by atoms with Crippen LogP contribution in [0.15, 0.2) is 65.1 Å². The van der Waals surface area contributed by atoms with Crippen LogP contribution in [0.5, 0.6) is 0 Å². The molecule has 0 radical (unpaired) electrons. The molecular weight excluding hydrogens is 384 g/mol. The van der Waals surface area contributed by atoms with Crippen molar-refractivity contribution in [1.82, 2.24) is 4.57 Å². The summed E-state index contributed by atoms with van der Waals surface area (Å²) in [6, 6.07) is 17.9. The van der Waals surface area contributed by atoms with E-state index in [0.29, 0.717) is 28.1 Å². The van der Waals surface area contributed by atoms with Crippen molar-refractivity contribution < 1.29 is 18.9 Å². The number of ether oxygens (including phenoxy) is 1. The Morgan fingerprint density at radius 1 is 1.13 bits per heavy atom. The van der Waals surface area contributed by atoms with Gasteiger partial charge in [-0.2, -0.15) is 0 Å². The van der Waals surface area contributed by atoms with E-state index in [2.05, 4.69) is 0 Å². The molecule has 0 aliphatic rings. The molecule has 2 heterocycles. The summed E-state index contributed by atoms with van der Waals surface area (Å²) in [6.07, 6.45) is 0. The van der Waals surface area contributed by atoms with Crippen molar-refractivity contribution in [1.29, 1.82) is 0 Å². The summed E-state index contributed by atoms with van der Waals surface area (Å²) in [6.45, 7) is 4.11. The van der Waals surface area contributed by atoms with Crippen LogP contribution in [0, 0.1) is 17.0 Å². The van der Waals surface area contributed by atoms with Crippen LogP contribution in [0.2, 0.25) is 0 Å². The van der Waals surface area contributed by atoms with Crippen molar-refractivity contribution in [2.24, 2.45) is 0 Å². The molecule has 4 rings (SSSR count).